The molecule has 1 N–H and O–H groups in total. The van der Waals surface area contributed by atoms with E-state index in [-0.39, 0.29) is 30.7 Å². The molecule has 41 heavy (non-hydrogen) atoms. The zero-order valence-corrected chi connectivity index (χ0v) is 27.0. The Morgan fingerprint density at radius 2 is 1.54 bits per heavy atom. The summed E-state index contributed by atoms with van der Waals surface area (Å²) in [7, 11) is 2.94. The number of thioether (sulfide) groups is 1. The van der Waals surface area contributed by atoms with Crippen LogP contribution < -0.4 is 0 Å². The van der Waals surface area contributed by atoms with Crippen molar-refractivity contribution in [2.45, 2.75) is 134 Å². The largest absolute Gasteiger partial charge is 0.481 e. The summed E-state index contributed by atoms with van der Waals surface area (Å²) in [5.74, 6) is -4.05. The molecule has 234 valence electrons. The Labute approximate surface area is 250 Å². The number of aromatic nitrogens is 2. The highest BCUT2D eigenvalue weighted by molar-refractivity contribution is 7.99. The zero-order valence-electron chi connectivity index (χ0n) is 26.2. The number of carbonyl (C=O) groups is 4. The average Bonchev–Trinajstić information content (AvgIpc) is 3.26. The van der Waals surface area contributed by atoms with E-state index in [1.165, 1.54) is 63.6 Å². The van der Waals surface area contributed by atoms with E-state index < -0.39 is 40.6 Å². The molecule has 1 heterocycles. The minimum atomic E-state index is -1.09. The first-order valence-electron chi connectivity index (χ1n) is 15.1. The number of hydrogen-bond donors (Lipinski definition) is 1. The van der Waals surface area contributed by atoms with Gasteiger partial charge in [-0.1, -0.05) is 83.4 Å². The van der Waals surface area contributed by atoms with Gasteiger partial charge in [-0.15, -0.1) is 0 Å². The fourth-order valence-corrected chi connectivity index (χ4v) is 5.85. The number of rotatable bonds is 21. The fraction of sp³-hybridized carbons (Fsp3) is 0.774. The molecule has 1 aromatic rings. The van der Waals surface area contributed by atoms with Crippen LogP contribution in [0, 0.1) is 11.8 Å². The summed E-state index contributed by atoms with van der Waals surface area (Å²) in [4.78, 5) is 55.1. The molecule has 0 fully saturated rings. The van der Waals surface area contributed by atoms with Crippen LogP contribution in [0.15, 0.2) is 11.4 Å². The van der Waals surface area contributed by atoms with E-state index in [9.17, 15) is 24.3 Å². The lowest BCUT2D eigenvalue weighted by atomic mass is 9.91. The SMILES string of the molecule is CCCCCCCCCCCCC(=O)C(C(=O)OC(C)(C)C)C(CCC(C)C(=O)O)Sc1ncc(C(=O)OC)n1C. The molecule has 1 rings (SSSR count). The number of methoxy groups -OCH3 is 1. The molecule has 0 radical (unpaired) electrons. The zero-order chi connectivity index (χ0) is 31.0. The predicted octanol–water partition coefficient (Wildman–Crippen LogP) is 7.01. The molecule has 0 amide bonds. The van der Waals surface area contributed by atoms with E-state index in [4.69, 9.17) is 9.47 Å². The van der Waals surface area contributed by atoms with Crippen LogP contribution in [0.3, 0.4) is 0 Å². The van der Waals surface area contributed by atoms with Crippen LogP contribution in [0.5, 0.6) is 0 Å². The normalized spacial score (nSPS) is 13.8. The van der Waals surface area contributed by atoms with Crippen molar-refractivity contribution in [2.24, 2.45) is 18.9 Å². The maximum Gasteiger partial charge on any atom is 0.356 e. The molecule has 0 spiro atoms. The Balaban J connectivity index is 3.05. The van der Waals surface area contributed by atoms with Crippen LogP contribution in [0.25, 0.3) is 0 Å². The molecule has 0 aliphatic carbocycles. The Bertz CT molecular complexity index is 970. The molecular formula is C31H52N2O7S. The third-order valence-corrected chi connectivity index (χ3v) is 8.46. The highest BCUT2D eigenvalue weighted by atomic mass is 32.2. The quantitative estimate of drug-likeness (QED) is 0.0690. The second-order valence-corrected chi connectivity index (χ2v) is 13.1. The molecule has 3 unspecified atom stereocenters. The van der Waals surface area contributed by atoms with Crippen molar-refractivity contribution >= 4 is 35.5 Å². The number of ketones is 1. The first-order valence-corrected chi connectivity index (χ1v) is 15.9. The lowest BCUT2D eigenvalue weighted by Gasteiger charge is -2.28. The van der Waals surface area contributed by atoms with Crippen molar-refractivity contribution in [2.75, 3.05) is 7.11 Å². The first kappa shape index (κ1) is 36.7. The highest BCUT2D eigenvalue weighted by Gasteiger charge is 2.39. The standard InChI is InChI=1S/C31H52N2O7S/c1-8-9-10-11-12-13-14-15-16-17-18-24(34)26(29(38)40-31(3,4)5)25(20-19-22(2)27(35)36)41-30-32-21-23(33(30)6)28(37)39-7/h21-22,25-26H,8-20H2,1-7H3,(H,35,36). The van der Waals surface area contributed by atoms with Gasteiger partial charge in [-0.05, 0) is 40.0 Å². The monoisotopic (exact) mass is 596 g/mol. The number of unbranched alkanes of at least 4 members (excludes halogenated alkanes) is 9. The summed E-state index contributed by atoms with van der Waals surface area (Å²) in [6.07, 6.45) is 13.5. The minimum Gasteiger partial charge on any atom is -0.481 e. The van der Waals surface area contributed by atoms with E-state index >= 15 is 0 Å². The van der Waals surface area contributed by atoms with Gasteiger partial charge in [0, 0.05) is 18.7 Å². The smallest absolute Gasteiger partial charge is 0.356 e. The molecule has 3 atom stereocenters. The number of esters is 2. The second-order valence-electron chi connectivity index (χ2n) is 11.9. The molecule has 0 saturated heterocycles. The van der Waals surface area contributed by atoms with Gasteiger partial charge in [0.15, 0.2) is 5.16 Å². The Morgan fingerprint density at radius 1 is 0.976 bits per heavy atom. The molecule has 10 heteroatoms. The van der Waals surface area contributed by atoms with E-state index in [1.54, 1.807) is 39.3 Å². The number of imidazole rings is 1. The van der Waals surface area contributed by atoms with E-state index in [0.717, 1.165) is 19.3 Å². The van der Waals surface area contributed by atoms with Crippen molar-refractivity contribution in [3.05, 3.63) is 11.9 Å². The van der Waals surface area contributed by atoms with Gasteiger partial charge in [-0.25, -0.2) is 9.78 Å². The molecule has 0 saturated carbocycles. The number of carbonyl (C=O) groups excluding carboxylic acids is 3. The Hall–Kier alpha value is -2.36. The summed E-state index contributed by atoms with van der Waals surface area (Å²) >= 11 is 1.20. The minimum absolute atomic E-state index is 0.207. The maximum absolute atomic E-state index is 13.6. The van der Waals surface area contributed by atoms with Gasteiger partial charge >= 0.3 is 17.9 Å². The van der Waals surface area contributed by atoms with E-state index in [0.29, 0.717) is 11.6 Å². The van der Waals surface area contributed by atoms with Crippen molar-refractivity contribution in [1.82, 2.24) is 9.55 Å². The molecule has 0 bridgehead atoms. The van der Waals surface area contributed by atoms with Crippen LogP contribution in [0.2, 0.25) is 0 Å². The third kappa shape index (κ3) is 13.9. The van der Waals surface area contributed by atoms with Gasteiger partial charge < -0.3 is 19.1 Å². The number of aliphatic carboxylic acids is 1. The third-order valence-electron chi connectivity index (χ3n) is 7.06. The highest BCUT2D eigenvalue weighted by Crippen LogP contribution is 2.35. The number of nitrogens with zero attached hydrogens (tertiary/aromatic N) is 2. The van der Waals surface area contributed by atoms with Crippen LogP contribution in [-0.2, 0) is 30.9 Å². The number of ether oxygens (including phenoxy) is 2. The summed E-state index contributed by atoms with van der Waals surface area (Å²) < 4.78 is 12.1. The molecule has 1 aromatic heterocycles. The van der Waals surface area contributed by atoms with Crippen LogP contribution in [0.1, 0.15) is 129 Å². The van der Waals surface area contributed by atoms with Gasteiger partial charge in [-0.3, -0.25) is 14.4 Å². The summed E-state index contributed by atoms with van der Waals surface area (Å²) in [6.45, 7) is 9.08. The predicted molar refractivity (Wildman–Crippen MR) is 161 cm³/mol. The second kappa shape index (κ2) is 18.9. The average molecular weight is 597 g/mol. The molecule has 9 nitrogen and oxygen atoms in total. The summed E-state index contributed by atoms with van der Waals surface area (Å²) in [6, 6.07) is 0. The van der Waals surface area contributed by atoms with Gasteiger partial charge in [0.2, 0.25) is 0 Å². The Morgan fingerprint density at radius 3 is 2.05 bits per heavy atom. The number of carboxylic acid groups (broad SMARTS) is 1. The number of carboxylic acids is 1. The number of hydrogen-bond acceptors (Lipinski definition) is 8. The Kier molecular flexibility index (Phi) is 16.9. The molecule has 0 aliphatic heterocycles. The van der Waals surface area contributed by atoms with Gasteiger partial charge in [-0.2, -0.15) is 0 Å². The van der Waals surface area contributed by atoms with Crippen molar-refractivity contribution < 1.29 is 33.8 Å². The van der Waals surface area contributed by atoms with Crippen molar-refractivity contribution in [1.29, 1.82) is 0 Å². The van der Waals surface area contributed by atoms with Gasteiger partial charge in [0.1, 0.15) is 23.0 Å². The first-order chi connectivity index (χ1) is 19.3. The molecule has 0 aromatic carbocycles. The molecule has 0 aliphatic rings. The maximum atomic E-state index is 13.6. The van der Waals surface area contributed by atoms with Crippen LogP contribution in [0.4, 0.5) is 0 Å². The summed E-state index contributed by atoms with van der Waals surface area (Å²) in [5.41, 5.74) is -0.560. The lowest BCUT2D eigenvalue weighted by molar-refractivity contribution is -0.162. The van der Waals surface area contributed by atoms with Crippen molar-refractivity contribution in [3.8, 4) is 0 Å². The van der Waals surface area contributed by atoms with Crippen molar-refractivity contribution in [3.63, 3.8) is 0 Å². The van der Waals surface area contributed by atoms with Crippen LogP contribution in [-0.4, -0.2) is 56.3 Å². The van der Waals surface area contributed by atoms with Gasteiger partial charge in [0.25, 0.3) is 0 Å². The van der Waals surface area contributed by atoms with Gasteiger partial charge in [0.05, 0.1) is 19.2 Å². The summed E-state index contributed by atoms with van der Waals surface area (Å²) in [5, 5.41) is 9.27. The van der Waals surface area contributed by atoms with E-state index in [2.05, 4.69) is 11.9 Å². The number of Topliss-reactive ketones (excluding diaryl/α,β-unsaturated/α-hetero) is 1. The topological polar surface area (TPSA) is 125 Å². The van der Waals surface area contributed by atoms with Crippen LogP contribution >= 0.6 is 11.8 Å². The lowest BCUT2D eigenvalue weighted by Crippen LogP contribution is -2.39. The fourth-order valence-electron chi connectivity index (χ4n) is 4.56. The molecular weight excluding hydrogens is 544 g/mol. The van der Waals surface area contributed by atoms with E-state index in [1.807, 2.05) is 0 Å².